The van der Waals surface area contributed by atoms with E-state index < -0.39 is 5.60 Å². The number of terminal acetylenes is 1. The summed E-state index contributed by atoms with van der Waals surface area (Å²) in [4.78, 5) is 13.9. The van der Waals surface area contributed by atoms with Gasteiger partial charge in [-0.15, -0.1) is 6.42 Å². The van der Waals surface area contributed by atoms with Gasteiger partial charge < -0.3 is 15.0 Å². The molecule has 1 rings (SSSR count). The third-order valence-electron chi connectivity index (χ3n) is 3.21. The van der Waals surface area contributed by atoms with Gasteiger partial charge in [0.05, 0.1) is 6.04 Å². The number of amides is 1. The molecule has 1 aliphatic rings. The standard InChI is InChI=1S/C15H26N2O2/c1-6-12(7-2)16-11-13-9-8-10-17(13)14(18)19-15(3,4)5/h1,12-13,16H,7-11H2,2-5H3. The molecule has 0 spiro atoms. The summed E-state index contributed by atoms with van der Waals surface area (Å²) in [6.07, 6.45) is 8.14. The average Bonchev–Trinajstić information content (AvgIpc) is 2.76. The number of carbonyl (C=O) groups excluding carboxylic acids is 1. The van der Waals surface area contributed by atoms with Crippen LogP contribution in [0.3, 0.4) is 0 Å². The van der Waals surface area contributed by atoms with Crippen molar-refractivity contribution in [3.63, 3.8) is 0 Å². The molecule has 2 atom stereocenters. The van der Waals surface area contributed by atoms with Crippen LogP contribution in [0.2, 0.25) is 0 Å². The van der Waals surface area contributed by atoms with Gasteiger partial charge in [0, 0.05) is 19.1 Å². The minimum Gasteiger partial charge on any atom is -0.444 e. The number of hydrogen-bond donors (Lipinski definition) is 1. The molecule has 1 N–H and O–H groups in total. The van der Waals surface area contributed by atoms with Crippen LogP contribution in [0.1, 0.15) is 47.0 Å². The van der Waals surface area contributed by atoms with Crippen molar-refractivity contribution < 1.29 is 9.53 Å². The molecule has 0 aromatic rings. The van der Waals surface area contributed by atoms with Crippen molar-refractivity contribution in [1.29, 1.82) is 0 Å². The van der Waals surface area contributed by atoms with Crippen LogP contribution in [-0.4, -0.2) is 41.8 Å². The minimum absolute atomic E-state index is 0.0843. The Hall–Kier alpha value is -1.21. The van der Waals surface area contributed by atoms with Gasteiger partial charge in [0.2, 0.25) is 0 Å². The quantitative estimate of drug-likeness (QED) is 0.794. The minimum atomic E-state index is -0.442. The van der Waals surface area contributed by atoms with E-state index in [1.807, 2.05) is 25.7 Å². The summed E-state index contributed by atoms with van der Waals surface area (Å²) < 4.78 is 5.43. The molecule has 0 aromatic heterocycles. The molecule has 1 amide bonds. The summed E-state index contributed by atoms with van der Waals surface area (Å²) in [5, 5.41) is 3.32. The Morgan fingerprint density at radius 1 is 1.58 bits per heavy atom. The topological polar surface area (TPSA) is 41.6 Å². The molecule has 1 fully saturated rings. The maximum absolute atomic E-state index is 12.1. The number of hydrogen-bond acceptors (Lipinski definition) is 3. The lowest BCUT2D eigenvalue weighted by Gasteiger charge is -2.29. The number of likely N-dealkylation sites (tertiary alicyclic amines) is 1. The van der Waals surface area contributed by atoms with Crippen LogP contribution in [-0.2, 0) is 4.74 Å². The summed E-state index contributed by atoms with van der Waals surface area (Å²) in [5.41, 5.74) is -0.442. The van der Waals surface area contributed by atoms with E-state index in [1.54, 1.807) is 0 Å². The second kappa shape index (κ2) is 6.81. The molecule has 2 unspecified atom stereocenters. The van der Waals surface area contributed by atoms with Gasteiger partial charge >= 0.3 is 6.09 Å². The van der Waals surface area contributed by atoms with Crippen molar-refractivity contribution >= 4 is 6.09 Å². The number of ether oxygens (including phenoxy) is 1. The van der Waals surface area contributed by atoms with Crippen LogP contribution in [0.4, 0.5) is 4.79 Å². The monoisotopic (exact) mass is 266 g/mol. The largest absolute Gasteiger partial charge is 0.444 e. The second-order valence-electron chi connectivity index (χ2n) is 6.01. The van der Waals surface area contributed by atoms with E-state index in [0.717, 1.165) is 32.4 Å². The molecular formula is C15H26N2O2. The Bertz CT molecular complexity index is 341. The van der Waals surface area contributed by atoms with Gasteiger partial charge in [0.25, 0.3) is 0 Å². The van der Waals surface area contributed by atoms with Gasteiger partial charge in [-0.05, 0) is 40.0 Å². The predicted octanol–water partition coefficient (Wildman–Crippen LogP) is 2.39. The van der Waals surface area contributed by atoms with Gasteiger partial charge in [0.1, 0.15) is 5.60 Å². The molecule has 0 radical (unpaired) electrons. The van der Waals surface area contributed by atoms with Gasteiger partial charge in [0.15, 0.2) is 0 Å². The van der Waals surface area contributed by atoms with E-state index in [0.29, 0.717) is 0 Å². The van der Waals surface area contributed by atoms with Crippen LogP contribution in [0.15, 0.2) is 0 Å². The first-order valence-electron chi connectivity index (χ1n) is 7.06. The summed E-state index contributed by atoms with van der Waals surface area (Å²) in [7, 11) is 0. The second-order valence-corrected chi connectivity index (χ2v) is 6.01. The van der Waals surface area contributed by atoms with E-state index in [-0.39, 0.29) is 18.2 Å². The Labute approximate surface area is 116 Å². The van der Waals surface area contributed by atoms with Crippen molar-refractivity contribution in [1.82, 2.24) is 10.2 Å². The molecule has 1 heterocycles. The molecule has 0 aliphatic carbocycles. The van der Waals surface area contributed by atoms with Crippen LogP contribution in [0.5, 0.6) is 0 Å². The molecule has 1 saturated heterocycles. The van der Waals surface area contributed by atoms with E-state index in [1.165, 1.54) is 0 Å². The first-order valence-corrected chi connectivity index (χ1v) is 7.06. The van der Waals surface area contributed by atoms with Crippen molar-refractivity contribution in [3.05, 3.63) is 0 Å². The Morgan fingerprint density at radius 2 is 2.26 bits per heavy atom. The SMILES string of the molecule is C#CC(CC)NCC1CCCN1C(=O)OC(C)(C)C. The lowest BCUT2D eigenvalue weighted by molar-refractivity contribution is 0.0225. The first kappa shape index (κ1) is 15.8. The van der Waals surface area contributed by atoms with Gasteiger partial charge in [-0.1, -0.05) is 12.8 Å². The molecule has 1 aliphatic heterocycles. The van der Waals surface area contributed by atoms with Crippen molar-refractivity contribution in [2.45, 2.75) is 64.6 Å². The third-order valence-corrected chi connectivity index (χ3v) is 3.21. The highest BCUT2D eigenvalue weighted by Gasteiger charge is 2.32. The molecule has 0 aromatic carbocycles. The Morgan fingerprint density at radius 3 is 2.79 bits per heavy atom. The highest BCUT2D eigenvalue weighted by atomic mass is 16.6. The fourth-order valence-electron chi connectivity index (χ4n) is 2.21. The lowest BCUT2D eigenvalue weighted by Crippen LogP contribution is -2.45. The van der Waals surface area contributed by atoms with E-state index >= 15 is 0 Å². The summed E-state index contributed by atoms with van der Waals surface area (Å²) in [6, 6.07) is 0.276. The molecule has 4 nitrogen and oxygen atoms in total. The Kier molecular flexibility index (Phi) is 5.68. The zero-order valence-electron chi connectivity index (χ0n) is 12.5. The normalized spacial score (nSPS) is 21.0. The molecule has 0 saturated carbocycles. The van der Waals surface area contributed by atoms with Crippen LogP contribution >= 0.6 is 0 Å². The van der Waals surface area contributed by atoms with Crippen molar-refractivity contribution in [3.8, 4) is 12.3 Å². The molecule has 108 valence electrons. The fourth-order valence-corrected chi connectivity index (χ4v) is 2.21. The van der Waals surface area contributed by atoms with Crippen molar-refractivity contribution in [2.24, 2.45) is 0 Å². The lowest BCUT2D eigenvalue weighted by atomic mass is 10.2. The maximum Gasteiger partial charge on any atom is 0.410 e. The number of nitrogens with one attached hydrogen (secondary N) is 1. The zero-order valence-corrected chi connectivity index (χ0v) is 12.5. The van der Waals surface area contributed by atoms with Crippen LogP contribution in [0, 0.1) is 12.3 Å². The highest BCUT2D eigenvalue weighted by molar-refractivity contribution is 5.69. The molecule has 4 heteroatoms. The van der Waals surface area contributed by atoms with Gasteiger partial charge in [-0.2, -0.15) is 0 Å². The molecule has 19 heavy (non-hydrogen) atoms. The molecular weight excluding hydrogens is 240 g/mol. The summed E-state index contributed by atoms with van der Waals surface area (Å²) in [5.74, 6) is 2.71. The zero-order chi connectivity index (χ0) is 14.5. The van der Waals surface area contributed by atoms with Crippen LogP contribution in [0.25, 0.3) is 0 Å². The predicted molar refractivity (Wildman–Crippen MR) is 76.9 cm³/mol. The maximum atomic E-state index is 12.1. The van der Waals surface area contributed by atoms with Crippen molar-refractivity contribution in [2.75, 3.05) is 13.1 Å². The number of carbonyl (C=O) groups is 1. The third kappa shape index (κ3) is 5.12. The first-order chi connectivity index (χ1) is 8.87. The highest BCUT2D eigenvalue weighted by Crippen LogP contribution is 2.20. The Balaban J connectivity index is 2.50. The van der Waals surface area contributed by atoms with E-state index in [2.05, 4.69) is 18.2 Å². The van der Waals surface area contributed by atoms with Crippen LogP contribution < -0.4 is 5.32 Å². The fraction of sp³-hybridized carbons (Fsp3) is 0.800. The average molecular weight is 266 g/mol. The number of rotatable bonds is 4. The van der Waals surface area contributed by atoms with Gasteiger partial charge in [-0.3, -0.25) is 0 Å². The number of nitrogens with zero attached hydrogens (tertiary/aromatic N) is 1. The summed E-state index contributed by atoms with van der Waals surface area (Å²) >= 11 is 0. The molecule has 0 bridgehead atoms. The summed E-state index contributed by atoms with van der Waals surface area (Å²) in [6.45, 7) is 9.23. The van der Waals surface area contributed by atoms with E-state index in [9.17, 15) is 4.79 Å². The van der Waals surface area contributed by atoms with Gasteiger partial charge in [-0.25, -0.2) is 4.79 Å². The van der Waals surface area contributed by atoms with E-state index in [4.69, 9.17) is 11.2 Å². The smallest absolute Gasteiger partial charge is 0.410 e.